The van der Waals surface area contributed by atoms with Crippen LogP contribution in [0.25, 0.3) is 0 Å². The van der Waals surface area contributed by atoms with E-state index in [9.17, 15) is 28.8 Å². The van der Waals surface area contributed by atoms with Crippen molar-refractivity contribution in [2.45, 2.75) is 51.4 Å². The van der Waals surface area contributed by atoms with E-state index in [1.165, 1.54) is 0 Å². The quantitative estimate of drug-likeness (QED) is 0.139. The number of aromatic nitrogens is 2. The Morgan fingerprint density at radius 3 is 1.39 bits per heavy atom. The third-order valence-corrected chi connectivity index (χ3v) is 13.8. The van der Waals surface area contributed by atoms with Gasteiger partial charge in [0.2, 0.25) is 11.8 Å². The van der Waals surface area contributed by atoms with Gasteiger partial charge in [0.1, 0.15) is 11.4 Å². The van der Waals surface area contributed by atoms with Crippen molar-refractivity contribution in [2.75, 3.05) is 51.2 Å². The normalized spacial score (nSPS) is 24.2. The molecule has 2 aromatic heterocycles. The van der Waals surface area contributed by atoms with Crippen LogP contribution in [0.5, 0.6) is 0 Å². The lowest BCUT2D eigenvalue weighted by molar-refractivity contribution is -0.115. The van der Waals surface area contributed by atoms with Crippen molar-refractivity contribution in [1.82, 2.24) is 20.6 Å². The summed E-state index contributed by atoms with van der Waals surface area (Å²) >= 11 is 0. The predicted octanol–water partition coefficient (Wildman–Crippen LogP) is 5.11. The zero-order chi connectivity index (χ0) is 43.4. The van der Waals surface area contributed by atoms with Gasteiger partial charge >= 0.3 is 0 Å². The van der Waals surface area contributed by atoms with E-state index in [-0.39, 0.29) is 58.4 Å². The van der Waals surface area contributed by atoms with Gasteiger partial charge in [0.25, 0.3) is 11.8 Å². The lowest BCUT2D eigenvalue weighted by Gasteiger charge is -2.17. The first-order valence-electron chi connectivity index (χ1n) is 21.5. The van der Waals surface area contributed by atoms with Gasteiger partial charge in [-0.3, -0.25) is 28.8 Å². The molecule has 2 unspecified atom stereocenters. The van der Waals surface area contributed by atoms with E-state index < -0.39 is 0 Å². The molecular formula is C48H50N6O8. The van der Waals surface area contributed by atoms with E-state index >= 15 is 0 Å². The summed E-state index contributed by atoms with van der Waals surface area (Å²) in [6.45, 7) is 6.97. The van der Waals surface area contributed by atoms with Crippen LogP contribution in [0, 0.1) is 35.5 Å². The van der Waals surface area contributed by atoms with Crippen LogP contribution in [0.4, 0.5) is 11.4 Å². The maximum absolute atomic E-state index is 13.1. The minimum Gasteiger partial charge on any atom is -0.381 e. The third-order valence-electron chi connectivity index (χ3n) is 13.8. The largest absolute Gasteiger partial charge is 0.381 e. The van der Waals surface area contributed by atoms with Gasteiger partial charge in [-0.05, 0) is 94.2 Å². The van der Waals surface area contributed by atoms with Gasteiger partial charge in [-0.25, -0.2) is 9.97 Å². The van der Waals surface area contributed by atoms with Gasteiger partial charge in [-0.2, -0.15) is 0 Å². The van der Waals surface area contributed by atoms with Crippen molar-refractivity contribution in [3.05, 3.63) is 117 Å². The van der Waals surface area contributed by atoms with Crippen LogP contribution in [0.3, 0.4) is 0 Å². The van der Waals surface area contributed by atoms with Gasteiger partial charge in [0.05, 0.1) is 39.3 Å². The van der Waals surface area contributed by atoms with Gasteiger partial charge < -0.3 is 30.7 Å². The molecule has 2 aliphatic carbocycles. The van der Waals surface area contributed by atoms with E-state index in [0.717, 1.165) is 60.1 Å². The summed E-state index contributed by atoms with van der Waals surface area (Å²) < 4.78 is 10.9. The van der Waals surface area contributed by atoms with E-state index in [1.807, 2.05) is 50.2 Å². The molecule has 4 amide bonds. The maximum Gasteiger partial charge on any atom is 0.269 e. The zero-order valence-corrected chi connectivity index (χ0v) is 35.2. The number of carbonyl (C=O) groups is 6. The minimum atomic E-state index is -0.324. The summed E-state index contributed by atoms with van der Waals surface area (Å²) in [5.74, 6) is 1.78. The number of hydrogen-bond acceptors (Lipinski definition) is 10. The SMILES string of the molecule is CNC(=O)c1cc(C(=O)CC2[C@H]3COC[C@@H]23)cc([C@@H](C)c2cccc3c2CC(=O)N3)n1.CNC(=O)c1cc(C(=O)CC2[C@H]3COC[C@@H]23)cc([C@H](C)c2cccc3c2CC(=O)N3)n1. The monoisotopic (exact) mass is 838 g/mol. The van der Waals surface area contributed by atoms with Crippen LogP contribution in [0.1, 0.15) is 114 Å². The Kier molecular flexibility index (Phi) is 11.1. The molecule has 10 rings (SSSR count). The Labute approximate surface area is 359 Å². The highest BCUT2D eigenvalue weighted by Gasteiger charge is 2.55. The molecule has 2 saturated carbocycles. The van der Waals surface area contributed by atoms with Crippen molar-refractivity contribution in [3.8, 4) is 0 Å². The molecule has 4 aromatic rings. The zero-order valence-electron chi connectivity index (χ0n) is 35.2. The highest BCUT2D eigenvalue weighted by molar-refractivity contribution is 6.02. The third kappa shape index (κ3) is 7.93. The summed E-state index contributed by atoms with van der Waals surface area (Å²) in [7, 11) is 3.10. The Morgan fingerprint density at radius 2 is 1.02 bits per heavy atom. The first kappa shape index (κ1) is 41.2. The smallest absolute Gasteiger partial charge is 0.269 e. The Bertz CT molecular complexity index is 2350. The van der Waals surface area contributed by atoms with Crippen LogP contribution in [-0.2, 0) is 31.9 Å². The van der Waals surface area contributed by atoms with Crippen molar-refractivity contribution in [3.63, 3.8) is 0 Å². The summed E-state index contributed by atoms with van der Waals surface area (Å²) in [6, 6.07) is 18.3. The molecule has 4 fully saturated rings. The van der Waals surface area contributed by atoms with Crippen LogP contribution in [-0.4, -0.2) is 85.7 Å². The molecule has 6 aliphatic rings. The average Bonchev–Trinajstić information content (AvgIpc) is 3.70. The molecule has 2 saturated heterocycles. The predicted molar refractivity (Wildman–Crippen MR) is 228 cm³/mol. The average molecular weight is 839 g/mol. The maximum atomic E-state index is 13.1. The molecule has 0 bridgehead atoms. The molecule has 8 atom stereocenters. The van der Waals surface area contributed by atoms with Crippen molar-refractivity contribution in [2.24, 2.45) is 35.5 Å². The number of anilines is 2. The Morgan fingerprint density at radius 1 is 0.629 bits per heavy atom. The molecule has 0 spiro atoms. The van der Waals surface area contributed by atoms with E-state index in [2.05, 4.69) is 31.2 Å². The fourth-order valence-electron chi connectivity index (χ4n) is 10.0. The number of nitrogens with one attached hydrogen (secondary N) is 4. The van der Waals surface area contributed by atoms with Gasteiger partial charge in [-0.15, -0.1) is 0 Å². The number of pyridine rings is 2. The fourth-order valence-corrected chi connectivity index (χ4v) is 10.0. The standard InChI is InChI=1S/2C24H25N3O4/c2*1-12(14-4-3-5-19-16(14)9-23(29)27-19)20-6-13(7-21(26-20)24(30)25-2)22(28)8-15-17-10-31-11-18(15)17/h2*3-7,12,15,17-18H,8-11H2,1-2H3,(H,25,30)(H,27,29)/t2*12-,15?,17-,18+/m10/s1. The molecule has 320 valence electrons. The second-order valence-corrected chi connectivity index (χ2v) is 17.4. The van der Waals surface area contributed by atoms with Crippen molar-refractivity contribution in [1.29, 1.82) is 0 Å². The number of amides is 4. The van der Waals surface area contributed by atoms with Crippen LogP contribution in [0.15, 0.2) is 60.7 Å². The Balaban J connectivity index is 0.000000158. The van der Waals surface area contributed by atoms with Crippen molar-refractivity contribution >= 4 is 46.6 Å². The number of carbonyl (C=O) groups excluding carboxylic acids is 6. The molecule has 4 N–H and O–H groups in total. The lowest BCUT2D eigenvalue weighted by Crippen LogP contribution is -2.21. The second-order valence-electron chi connectivity index (χ2n) is 17.4. The number of ether oxygens (including phenoxy) is 2. The number of fused-ring (bicyclic) bond motifs is 4. The first-order chi connectivity index (χ1) is 29.9. The molecule has 0 radical (unpaired) electrons. The highest BCUT2D eigenvalue weighted by Crippen LogP contribution is 2.54. The summed E-state index contributed by atoms with van der Waals surface area (Å²) in [5.41, 5.74) is 8.28. The number of rotatable bonds is 12. The van der Waals surface area contributed by atoms with Gasteiger partial charge in [0, 0.05) is 72.7 Å². The minimum absolute atomic E-state index is 0.0310. The second kappa shape index (κ2) is 16.6. The number of hydrogen-bond donors (Lipinski definition) is 4. The molecule has 14 heteroatoms. The van der Waals surface area contributed by atoms with Gasteiger partial charge in [0.15, 0.2) is 11.6 Å². The van der Waals surface area contributed by atoms with E-state index in [4.69, 9.17) is 9.47 Å². The highest BCUT2D eigenvalue weighted by atomic mass is 16.5. The summed E-state index contributed by atoms with van der Waals surface area (Å²) in [4.78, 5) is 83.8. The van der Waals surface area contributed by atoms with Crippen LogP contribution < -0.4 is 21.3 Å². The Hall–Kier alpha value is -6.12. The molecule has 6 heterocycles. The number of Topliss-reactive ketones (excluding diaryl/α,β-unsaturated/α-hetero) is 2. The molecule has 14 nitrogen and oxygen atoms in total. The molecule has 62 heavy (non-hydrogen) atoms. The first-order valence-corrected chi connectivity index (χ1v) is 21.5. The number of benzene rings is 2. The number of ketones is 2. The molecule has 4 aliphatic heterocycles. The van der Waals surface area contributed by atoms with E-state index in [1.54, 1.807) is 38.4 Å². The van der Waals surface area contributed by atoms with E-state index in [0.29, 0.717) is 83.7 Å². The number of nitrogens with zero attached hydrogens (tertiary/aromatic N) is 2. The topological polar surface area (TPSA) is 195 Å². The van der Waals surface area contributed by atoms with Crippen molar-refractivity contribution < 1.29 is 38.2 Å². The van der Waals surface area contributed by atoms with Crippen LogP contribution >= 0.6 is 0 Å². The summed E-state index contributed by atoms with van der Waals surface area (Å²) in [6.07, 6.45) is 1.60. The molecular weight excluding hydrogens is 789 g/mol. The lowest BCUT2D eigenvalue weighted by atomic mass is 9.90. The molecule has 2 aromatic carbocycles. The van der Waals surface area contributed by atoms with Gasteiger partial charge in [-0.1, -0.05) is 38.1 Å². The summed E-state index contributed by atoms with van der Waals surface area (Å²) in [5, 5.41) is 10.9. The fraction of sp³-hybridized carbons (Fsp3) is 0.417. The van der Waals surface area contributed by atoms with Crippen LogP contribution in [0.2, 0.25) is 0 Å².